The highest BCUT2D eigenvalue weighted by Crippen LogP contribution is 2.25. The summed E-state index contributed by atoms with van der Waals surface area (Å²) in [7, 11) is -1.97. The Morgan fingerprint density at radius 3 is 2.57 bits per heavy atom. The first-order valence-corrected chi connectivity index (χ1v) is 11.3. The van der Waals surface area contributed by atoms with Crippen molar-refractivity contribution in [2.45, 2.75) is 31.6 Å². The second kappa shape index (κ2) is 8.38. The standard InChI is InChI=1S/C20H23N3O3S2/c1-4-5-12-23(3)28(25,26)17-9-6-15(7-10-17)20(24)22-16-8-11-19-18(13-16)21-14(2)27-19/h6-11,13H,4-5,12H2,1-3H3,(H,22,24). The van der Waals surface area contributed by atoms with Crippen molar-refractivity contribution in [3.63, 3.8) is 0 Å². The van der Waals surface area contributed by atoms with Gasteiger partial charge < -0.3 is 5.32 Å². The molecule has 0 aliphatic heterocycles. The number of aromatic nitrogens is 1. The SMILES string of the molecule is CCCCN(C)S(=O)(=O)c1ccc(C(=O)Nc2ccc3sc(C)nc3c2)cc1. The number of hydrogen-bond donors (Lipinski definition) is 1. The highest BCUT2D eigenvalue weighted by Gasteiger charge is 2.20. The van der Waals surface area contributed by atoms with Crippen LogP contribution >= 0.6 is 11.3 Å². The van der Waals surface area contributed by atoms with Gasteiger partial charge in [-0.2, -0.15) is 0 Å². The number of nitrogens with one attached hydrogen (secondary N) is 1. The van der Waals surface area contributed by atoms with Crippen LogP contribution in [-0.2, 0) is 10.0 Å². The van der Waals surface area contributed by atoms with E-state index in [1.807, 2.05) is 32.0 Å². The van der Waals surface area contributed by atoms with Crippen LogP contribution in [0.25, 0.3) is 10.2 Å². The fraction of sp³-hybridized carbons (Fsp3) is 0.300. The van der Waals surface area contributed by atoms with Gasteiger partial charge in [0.25, 0.3) is 5.91 Å². The van der Waals surface area contributed by atoms with Gasteiger partial charge in [0.2, 0.25) is 10.0 Å². The molecule has 0 radical (unpaired) electrons. The average Bonchev–Trinajstić information content (AvgIpc) is 3.05. The first-order valence-electron chi connectivity index (χ1n) is 9.06. The van der Waals surface area contributed by atoms with Gasteiger partial charge in [-0.3, -0.25) is 4.79 Å². The number of hydrogen-bond acceptors (Lipinski definition) is 5. The van der Waals surface area contributed by atoms with Gasteiger partial charge in [-0.15, -0.1) is 11.3 Å². The molecule has 3 rings (SSSR count). The molecule has 0 spiro atoms. The summed E-state index contributed by atoms with van der Waals surface area (Å²) >= 11 is 1.60. The Kier molecular flexibility index (Phi) is 6.12. The predicted octanol–water partition coefficient (Wildman–Crippen LogP) is 4.28. The Labute approximate surface area is 169 Å². The van der Waals surface area contributed by atoms with Crippen LogP contribution in [-0.4, -0.2) is 37.2 Å². The molecule has 1 aromatic heterocycles. The first-order chi connectivity index (χ1) is 13.3. The number of fused-ring (bicyclic) bond motifs is 1. The number of unbranched alkanes of at least 4 members (excludes halogenated alkanes) is 1. The van der Waals surface area contributed by atoms with Crippen molar-refractivity contribution in [2.75, 3.05) is 18.9 Å². The molecule has 2 aromatic carbocycles. The Balaban J connectivity index is 1.73. The lowest BCUT2D eigenvalue weighted by Crippen LogP contribution is -2.28. The van der Waals surface area contributed by atoms with Crippen molar-refractivity contribution in [3.8, 4) is 0 Å². The number of aryl methyl sites for hydroxylation is 1. The number of sulfonamides is 1. The molecule has 0 fully saturated rings. The van der Waals surface area contributed by atoms with Crippen molar-refractivity contribution in [1.29, 1.82) is 0 Å². The van der Waals surface area contributed by atoms with Crippen LogP contribution in [0.4, 0.5) is 5.69 Å². The van der Waals surface area contributed by atoms with Gasteiger partial charge in [0, 0.05) is 24.8 Å². The summed E-state index contributed by atoms with van der Waals surface area (Å²) in [5, 5.41) is 3.81. The Morgan fingerprint density at radius 2 is 1.89 bits per heavy atom. The molecule has 28 heavy (non-hydrogen) atoms. The molecule has 0 atom stereocenters. The van der Waals surface area contributed by atoms with E-state index < -0.39 is 10.0 Å². The maximum Gasteiger partial charge on any atom is 0.255 e. The molecule has 1 amide bonds. The highest BCUT2D eigenvalue weighted by molar-refractivity contribution is 7.89. The van der Waals surface area contributed by atoms with Crippen molar-refractivity contribution < 1.29 is 13.2 Å². The quantitative estimate of drug-likeness (QED) is 0.622. The number of carbonyl (C=O) groups excluding carboxylic acids is 1. The number of anilines is 1. The minimum Gasteiger partial charge on any atom is -0.322 e. The molecule has 0 bridgehead atoms. The second-order valence-electron chi connectivity index (χ2n) is 6.57. The molecule has 0 aliphatic rings. The Hall–Kier alpha value is -2.29. The van der Waals surface area contributed by atoms with Gasteiger partial charge in [-0.05, 0) is 55.8 Å². The summed E-state index contributed by atoms with van der Waals surface area (Å²) in [6.07, 6.45) is 1.73. The van der Waals surface area contributed by atoms with E-state index in [0.29, 0.717) is 17.8 Å². The van der Waals surface area contributed by atoms with Crippen LogP contribution in [0.2, 0.25) is 0 Å². The molecule has 1 N–H and O–H groups in total. The molecular weight excluding hydrogens is 394 g/mol. The summed E-state index contributed by atoms with van der Waals surface area (Å²) in [6, 6.07) is 11.6. The number of thiazole rings is 1. The van der Waals surface area contributed by atoms with Crippen LogP contribution in [0.15, 0.2) is 47.4 Å². The summed E-state index contributed by atoms with van der Waals surface area (Å²) in [4.78, 5) is 17.1. The summed E-state index contributed by atoms with van der Waals surface area (Å²) < 4.78 is 27.5. The van der Waals surface area contributed by atoms with E-state index in [0.717, 1.165) is 28.1 Å². The molecule has 1 heterocycles. The molecule has 0 saturated heterocycles. The van der Waals surface area contributed by atoms with Crippen LogP contribution in [0, 0.1) is 6.92 Å². The Bertz CT molecular complexity index is 1090. The van der Waals surface area contributed by atoms with Gasteiger partial charge in [-0.25, -0.2) is 17.7 Å². The monoisotopic (exact) mass is 417 g/mol. The van der Waals surface area contributed by atoms with Gasteiger partial charge in [0.15, 0.2) is 0 Å². The molecule has 0 saturated carbocycles. The average molecular weight is 418 g/mol. The van der Waals surface area contributed by atoms with Crippen molar-refractivity contribution >= 4 is 43.2 Å². The summed E-state index contributed by atoms with van der Waals surface area (Å²) in [6.45, 7) is 4.43. The largest absolute Gasteiger partial charge is 0.322 e. The van der Waals surface area contributed by atoms with E-state index in [1.54, 1.807) is 18.4 Å². The fourth-order valence-electron chi connectivity index (χ4n) is 2.78. The number of rotatable bonds is 7. The molecule has 148 valence electrons. The minimum atomic E-state index is -3.54. The lowest BCUT2D eigenvalue weighted by molar-refractivity contribution is 0.102. The summed E-state index contributed by atoms with van der Waals surface area (Å²) in [5.41, 5.74) is 1.89. The first kappa shape index (κ1) is 20.4. The third-order valence-electron chi connectivity index (χ3n) is 4.40. The van der Waals surface area contributed by atoms with E-state index in [9.17, 15) is 13.2 Å². The van der Waals surface area contributed by atoms with E-state index in [1.165, 1.54) is 28.6 Å². The van der Waals surface area contributed by atoms with Crippen LogP contribution < -0.4 is 5.32 Å². The zero-order valence-corrected chi connectivity index (χ0v) is 17.7. The smallest absolute Gasteiger partial charge is 0.255 e. The van der Waals surface area contributed by atoms with Crippen molar-refractivity contribution in [3.05, 3.63) is 53.0 Å². The normalized spacial score (nSPS) is 11.9. The molecule has 0 unspecified atom stereocenters. The molecular formula is C20H23N3O3S2. The topological polar surface area (TPSA) is 79.4 Å². The van der Waals surface area contributed by atoms with E-state index in [2.05, 4.69) is 10.3 Å². The third kappa shape index (κ3) is 4.40. The number of carbonyl (C=O) groups is 1. The van der Waals surface area contributed by atoms with Gasteiger partial charge in [-0.1, -0.05) is 13.3 Å². The van der Waals surface area contributed by atoms with E-state index in [4.69, 9.17) is 0 Å². The number of nitrogens with zero attached hydrogens (tertiary/aromatic N) is 2. The van der Waals surface area contributed by atoms with Gasteiger partial charge >= 0.3 is 0 Å². The van der Waals surface area contributed by atoms with Crippen LogP contribution in [0.5, 0.6) is 0 Å². The summed E-state index contributed by atoms with van der Waals surface area (Å²) in [5.74, 6) is -0.297. The predicted molar refractivity (Wildman–Crippen MR) is 113 cm³/mol. The zero-order valence-electron chi connectivity index (χ0n) is 16.1. The van der Waals surface area contributed by atoms with Crippen LogP contribution in [0.1, 0.15) is 35.1 Å². The van der Waals surface area contributed by atoms with Crippen LogP contribution in [0.3, 0.4) is 0 Å². The van der Waals surface area contributed by atoms with E-state index in [-0.39, 0.29) is 10.8 Å². The number of amides is 1. The lowest BCUT2D eigenvalue weighted by atomic mass is 10.2. The third-order valence-corrected chi connectivity index (χ3v) is 7.23. The zero-order chi connectivity index (χ0) is 20.3. The molecule has 0 aliphatic carbocycles. The maximum atomic E-state index is 12.6. The maximum absolute atomic E-state index is 12.6. The molecule has 3 aromatic rings. The van der Waals surface area contributed by atoms with Crippen molar-refractivity contribution in [2.24, 2.45) is 0 Å². The van der Waals surface area contributed by atoms with Gasteiger partial charge in [0.05, 0.1) is 20.1 Å². The minimum absolute atomic E-state index is 0.182. The molecule has 8 heteroatoms. The highest BCUT2D eigenvalue weighted by atomic mass is 32.2. The van der Waals surface area contributed by atoms with Gasteiger partial charge in [0.1, 0.15) is 0 Å². The molecule has 6 nitrogen and oxygen atoms in total. The van der Waals surface area contributed by atoms with Crippen molar-refractivity contribution in [1.82, 2.24) is 9.29 Å². The Morgan fingerprint density at radius 1 is 1.18 bits per heavy atom. The fourth-order valence-corrected chi connectivity index (χ4v) is 4.80. The lowest BCUT2D eigenvalue weighted by Gasteiger charge is -2.17. The number of benzene rings is 2. The van der Waals surface area contributed by atoms with E-state index >= 15 is 0 Å². The second-order valence-corrected chi connectivity index (χ2v) is 9.85.